The maximum atomic E-state index is 14.1. The lowest BCUT2D eigenvalue weighted by Crippen LogP contribution is -2.52. The van der Waals surface area contributed by atoms with Gasteiger partial charge in [-0.25, -0.2) is 4.79 Å². The molecule has 4 atom stereocenters. The number of carbonyl (C=O) groups is 3. The predicted octanol–water partition coefficient (Wildman–Crippen LogP) is 7.89. The Balaban J connectivity index is 6.28. The molecular formula is C28H47Cl3O7Si. The molecule has 0 rings (SSSR count). The van der Waals surface area contributed by atoms with Crippen molar-refractivity contribution in [1.82, 2.24) is 0 Å². The van der Waals surface area contributed by atoms with E-state index in [0.29, 0.717) is 0 Å². The zero-order valence-electron chi connectivity index (χ0n) is 25.1. The number of ketones is 1. The Hall–Kier alpha value is -0.983. The molecule has 11 heteroatoms. The van der Waals surface area contributed by atoms with Gasteiger partial charge in [0.15, 0.2) is 8.32 Å². The molecule has 0 bridgehead atoms. The quantitative estimate of drug-likeness (QED) is 0.0788. The molecule has 1 unspecified atom stereocenters. The van der Waals surface area contributed by atoms with Crippen molar-refractivity contribution in [1.29, 1.82) is 0 Å². The van der Waals surface area contributed by atoms with Crippen LogP contribution >= 0.6 is 34.8 Å². The maximum Gasteiger partial charge on any atom is 0.508 e. The summed E-state index contributed by atoms with van der Waals surface area (Å²) in [5.74, 6) is 0.660. The fourth-order valence-electron chi connectivity index (χ4n) is 4.47. The van der Waals surface area contributed by atoms with Crippen LogP contribution in [-0.4, -0.2) is 54.4 Å². The molecule has 0 aliphatic heterocycles. The second kappa shape index (κ2) is 15.9. The zero-order valence-corrected chi connectivity index (χ0v) is 28.4. The van der Waals surface area contributed by atoms with E-state index < -0.39 is 60.0 Å². The third kappa shape index (κ3) is 13.0. The molecule has 0 aliphatic carbocycles. The van der Waals surface area contributed by atoms with E-state index in [1.807, 2.05) is 0 Å². The van der Waals surface area contributed by atoms with Gasteiger partial charge in [0.05, 0.1) is 18.4 Å². The summed E-state index contributed by atoms with van der Waals surface area (Å²) in [5, 5.41) is 0. The van der Waals surface area contributed by atoms with Gasteiger partial charge < -0.3 is 18.6 Å². The lowest BCUT2D eigenvalue weighted by atomic mass is 9.73. The summed E-state index contributed by atoms with van der Waals surface area (Å²) >= 11 is 17.0. The smallest absolute Gasteiger partial charge is 0.460 e. The number of esters is 1. The fraction of sp³-hybridized carbons (Fsp3) is 0.821. The van der Waals surface area contributed by atoms with Crippen molar-refractivity contribution in [2.24, 2.45) is 17.3 Å². The highest BCUT2D eigenvalue weighted by Crippen LogP contribution is 2.38. The Morgan fingerprint density at radius 3 is 1.87 bits per heavy atom. The molecule has 7 nitrogen and oxygen atoms in total. The lowest BCUT2D eigenvalue weighted by molar-refractivity contribution is -0.159. The molecule has 0 heterocycles. The molecule has 0 radical (unpaired) electrons. The van der Waals surface area contributed by atoms with E-state index in [1.54, 1.807) is 48.5 Å². The van der Waals surface area contributed by atoms with Crippen LogP contribution in [0.15, 0.2) is 0 Å². The van der Waals surface area contributed by atoms with Crippen molar-refractivity contribution in [2.75, 3.05) is 6.61 Å². The highest BCUT2D eigenvalue weighted by atomic mass is 35.6. The molecular weight excluding hydrogens is 583 g/mol. The number of carbonyl (C=O) groups excluding carboxylic acids is 3. The largest absolute Gasteiger partial charge is 0.508 e. The Labute approximate surface area is 251 Å². The number of alkyl halides is 3. The van der Waals surface area contributed by atoms with Crippen molar-refractivity contribution in [2.45, 2.75) is 122 Å². The van der Waals surface area contributed by atoms with Gasteiger partial charge in [0.1, 0.15) is 24.1 Å². The second-order valence-corrected chi connectivity index (χ2v) is 18.9. The van der Waals surface area contributed by atoms with E-state index >= 15 is 0 Å². The predicted molar refractivity (Wildman–Crippen MR) is 160 cm³/mol. The highest BCUT2D eigenvalue weighted by molar-refractivity contribution is 6.73. The van der Waals surface area contributed by atoms with Gasteiger partial charge in [-0.3, -0.25) is 9.59 Å². The molecule has 0 amide bonds. The van der Waals surface area contributed by atoms with Gasteiger partial charge in [0, 0.05) is 17.8 Å². The van der Waals surface area contributed by atoms with Gasteiger partial charge >= 0.3 is 12.1 Å². The van der Waals surface area contributed by atoms with Crippen LogP contribution in [0.2, 0.25) is 18.1 Å². The average Bonchev–Trinajstić information content (AvgIpc) is 2.81. The van der Waals surface area contributed by atoms with Crippen LogP contribution in [0.3, 0.4) is 0 Å². The van der Waals surface area contributed by atoms with E-state index in [-0.39, 0.29) is 24.5 Å². The monoisotopic (exact) mass is 628 g/mol. The van der Waals surface area contributed by atoms with E-state index in [4.69, 9.17) is 59.9 Å². The molecule has 226 valence electrons. The number of hydrogen-bond donors (Lipinski definition) is 0. The zero-order chi connectivity index (χ0) is 30.8. The second-order valence-electron chi connectivity index (χ2n) is 11.6. The Kier molecular flexibility index (Phi) is 15.5. The lowest BCUT2D eigenvalue weighted by Gasteiger charge is -2.42. The van der Waals surface area contributed by atoms with Gasteiger partial charge in [-0.1, -0.05) is 83.3 Å². The molecule has 0 aromatic heterocycles. The third-order valence-electron chi connectivity index (χ3n) is 7.03. The first-order chi connectivity index (χ1) is 17.7. The third-order valence-corrected chi connectivity index (χ3v) is 12.0. The minimum atomic E-state index is -2.24. The van der Waals surface area contributed by atoms with Crippen LogP contribution < -0.4 is 0 Å². The van der Waals surface area contributed by atoms with Crippen molar-refractivity contribution in [3.05, 3.63) is 0 Å². The Morgan fingerprint density at radius 1 is 0.949 bits per heavy atom. The van der Waals surface area contributed by atoms with Gasteiger partial charge in [0.2, 0.25) is 3.79 Å². The van der Waals surface area contributed by atoms with Crippen LogP contribution in [0.4, 0.5) is 4.79 Å². The Bertz CT molecular complexity index is 846. The molecule has 0 saturated heterocycles. The van der Waals surface area contributed by atoms with E-state index in [0.717, 1.165) is 18.1 Å². The maximum absolute atomic E-state index is 14.1. The van der Waals surface area contributed by atoms with Crippen molar-refractivity contribution >= 4 is 61.0 Å². The number of ether oxygens (including phenoxy) is 3. The average molecular weight is 630 g/mol. The fourth-order valence-corrected chi connectivity index (χ4v) is 7.62. The van der Waals surface area contributed by atoms with Crippen molar-refractivity contribution in [3.8, 4) is 12.3 Å². The standard InChI is InChI=1S/C28H47Cl3O7Si/c1-12-16-19(5)23(36-25(34)35-18-28(29,30)31)20(6)24(33)27(10,11)21(17-22(32)37-26(7,8)9)38-39(13-2,14-3)15-4/h1,19-21,23H,13-18H2,2-11H3/t19-,20+,21?,23-/m0/s1. The summed E-state index contributed by atoms with van der Waals surface area (Å²) in [6.45, 7) is 18.0. The molecule has 0 aliphatic rings. The van der Waals surface area contributed by atoms with Gasteiger partial charge in [-0.05, 0) is 38.9 Å². The van der Waals surface area contributed by atoms with Crippen LogP contribution in [-0.2, 0) is 28.2 Å². The van der Waals surface area contributed by atoms with Crippen LogP contribution in [0.25, 0.3) is 0 Å². The van der Waals surface area contributed by atoms with Crippen LogP contribution in [0.1, 0.15) is 82.1 Å². The first-order valence-electron chi connectivity index (χ1n) is 13.5. The highest BCUT2D eigenvalue weighted by Gasteiger charge is 2.47. The summed E-state index contributed by atoms with van der Waals surface area (Å²) in [7, 11) is -2.24. The molecule has 0 saturated carbocycles. The number of rotatable bonds is 15. The topological polar surface area (TPSA) is 88.1 Å². The summed E-state index contributed by atoms with van der Waals surface area (Å²) in [5.41, 5.74) is -1.82. The molecule has 0 spiro atoms. The van der Waals surface area contributed by atoms with Gasteiger partial charge in [-0.15, -0.1) is 12.3 Å². The summed E-state index contributed by atoms with van der Waals surface area (Å²) in [4.78, 5) is 39.5. The molecule has 0 aromatic carbocycles. The van der Waals surface area contributed by atoms with Gasteiger partial charge in [-0.2, -0.15) is 0 Å². The summed E-state index contributed by atoms with van der Waals surface area (Å²) in [6.07, 6.45) is 2.93. The summed E-state index contributed by atoms with van der Waals surface area (Å²) in [6, 6.07) is 2.51. The van der Waals surface area contributed by atoms with E-state index in [1.165, 1.54) is 0 Å². The number of hydrogen-bond acceptors (Lipinski definition) is 7. The first kappa shape index (κ1) is 38.0. The minimum absolute atomic E-state index is 0.0891. The Morgan fingerprint density at radius 2 is 1.46 bits per heavy atom. The number of Topliss-reactive ketones (excluding diaryl/α,β-unsaturated/α-hetero) is 1. The van der Waals surface area contributed by atoms with Crippen molar-refractivity contribution < 1.29 is 33.0 Å². The molecule has 0 N–H and O–H groups in total. The number of halogens is 3. The van der Waals surface area contributed by atoms with Crippen molar-refractivity contribution in [3.63, 3.8) is 0 Å². The van der Waals surface area contributed by atoms with Gasteiger partial charge in [0.25, 0.3) is 0 Å². The number of terminal acetylenes is 1. The molecule has 39 heavy (non-hydrogen) atoms. The first-order valence-corrected chi connectivity index (χ1v) is 17.1. The van der Waals surface area contributed by atoms with Crippen LogP contribution in [0.5, 0.6) is 0 Å². The molecule has 0 aromatic rings. The minimum Gasteiger partial charge on any atom is -0.460 e. The summed E-state index contributed by atoms with van der Waals surface area (Å²) < 4.78 is 21.0. The SMILES string of the molecule is C#CC[C@H](C)[C@H](OC(=O)OCC(Cl)(Cl)Cl)[C@@H](C)C(=O)C(C)(C)C(CC(=O)OC(C)(C)C)O[Si](CC)(CC)CC. The van der Waals surface area contributed by atoms with E-state index in [9.17, 15) is 14.4 Å². The van der Waals surface area contributed by atoms with Crippen LogP contribution in [0, 0.1) is 29.6 Å². The van der Waals surface area contributed by atoms with E-state index in [2.05, 4.69) is 26.7 Å². The molecule has 0 fully saturated rings. The normalized spacial score (nSPS) is 15.9.